The number of nitrogens with zero attached hydrogens (tertiary/aromatic N) is 1. The zero-order chi connectivity index (χ0) is 14.1. The van der Waals surface area contributed by atoms with Crippen molar-refractivity contribution in [3.8, 4) is 11.8 Å². The molecule has 0 atom stereocenters. The van der Waals surface area contributed by atoms with Crippen LogP contribution >= 0.6 is 0 Å². The van der Waals surface area contributed by atoms with Crippen LogP contribution in [0.25, 0.3) is 0 Å². The Labute approximate surface area is 117 Å². The molecule has 104 valence electrons. The highest BCUT2D eigenvalue weighted by Gasteiger charge is 2.11. The second kappa shape index (κ2) is 8.74. The lowest BCUT2D eigenvalue weighted by Crippen LogP contribution is -2.30. The molecule has 0 aliphatic heterocycles. The molecule has 0 saturated carbocycles. The van der Waals surface area contributed by atoms with Gasteiger partial charge in [-0.2, -0.15) is 0 Å². The molecule has 0 amide bonds. The Hall–Kier alpha value is -1.30. The summed E-state index contributed by atoms with van der Waals surface area (Å²) in [6.07, 6.45) is 2.88. The number of hydrogen-bond acceptors (Lipinski definition) is 2. The molecule has 19 heavy (non-hydrogen) atoms. The molecular formula is C17H25NO. The van der Waals surface area contributed by atoms with Gasteiger partial charge >= 0.3 is 0 Å². The van der Waals surface area contributed by atoms with Crippen LogP contribution in [0.15, 0.2) is 24.3 Å². The predicted molar refractivity (Wildman–Crippen MR) is 80.9 cm³/mol. The average Bonchev–Trinajstić information content (AvgIpc) is 2.42. The summed E-state index contributed by atoms with van der Waals surface area (Å²) in [5.74, 6) is 6.16. The van der Waals surface area contributed by atoms with Gasteiger partial charge in [-0.1, -0.05) is 43.9 Å². The monoisotopic (exact) mass is 259 g/mol. The summed E-state index contributed by atoms with van der Waals surface area (Å²) in [5, 5.41) is 8.78. The molecule has 2 heteroatoms. The first-order chi connectivity index (χ1) is 9.22. The van der Waals surface area contributed by atoms with Crippen LogP contribution in [-0.4, -0.2) is 29.7 Å². The van der Waals surface area contributed by atoms with Crippen molar-refractivity contribution in [1.82, 2.24) is 4.90 Å². The third kappa shape index (κ3) is 5.06. The molecule has 1 rings (SSSR count). The van der Waals surface area contributed by atoms with Crippen molar-refractivity contribution in [1.29, 1.82) is 0 Å². The summed E-state index contributed by atoms with van der Waals surface area (Å²) in [7, 11) is 2.18. The maximum atomic E-state index is 8.78. The van der Waals surface area contributed by atoms with Gasteiger partial charge in [-0.3, -0.25) is 4.90 Å². The predicted octanol–water partition coefficient (Wildman–Crippen LogP) is 3.04. The molecule has 0 aromatic heterocycles. The van der Waals surface area contributed by atoms with Crippen molar-refractivity contribution in [3.05, 3.63) is 35.4 Å². The van der Waals surface area contributed by atoms with Gasteiger partial charge in [0, 0.05) is 24.6 Å². The Morgan fingerprint density at radius 2 is 1.89 bits per heavy atom. The van der Waals surface area contributed by atoms with Crippen LogP contribution in [0, 0.1) is 11.8 Å². The summed E-state index contributed by atoms with van der Waals surface area (Å²) < 4.78 is 0. The quantitative estimate of drug-likeness (QED) is 0.794. The van der Waals surface area contributed by atoms with Crippen LogP contribution in [0.4, 0.5) is 0 Å². The second-order valence-electron chi connectivity index (χ2n) is 4.82. The van der Waals surface area contributed by atoms with Crippen LogP contribution in [0.3, 0.4) is 0 Å². The first-order valence-corrected chi connectivity index (χ1v) is 7.10. The largest absolute Gasteiger partial charge is 0.395 e. The zero-order valence-corrected chi connectivity index (χ0v) is 12.3. The minimum absolute atomic E-state index is 0.128. The molecule has 0 spiro atoms. The van der Waals surface area contributed by atoms with Gasteiger partial charge in [0.1, 0.15) is 0 Å². The Morgan fingerprint density at radius 3 is 2.53 bits per heavy atom. The Morgan fingerprint density at radius 1 is 1.21 bits per heavy atom. The van der Waals surface area contributed by atoms with Crippen molar-refractivity contribution < 1.29 is 5.11 Å². The van der Waals surface area contributed by atoms with Gasteiger partial charge in [-0.25, -0.2) is 0 Å². The molecule has 0 aliphatic carbocycles. The highest BCUT2D eigenvalue weighted by molar-refractivity contribution is 5.41. The highest BCUT2D eigenvalue weighted by atomic mass is 16.2. The van der Waals surface area contributed by atoms with Crippen molar-refractivity contribution in [2.75, 3.05) is 13.7 Å². The number of aliphatic hydroxyl groups excluding tert-OH is 1. The number of rotatable bonds is 6. The van der Waals surface area contributed by atoms with Gasteiger partial charge in [0.05, 0.1) is 6.61 Å². The van der Waals surface area contributed by atoms with Crippen molar-refractivity contribution >= 4 is 0 Å². The van der Waals surface area contributed by atoms with Crippen LogP contribution < -0.4 is 0 Å². The molecule has 0 aliphatic rings. The standard InChI is InChI=1S/C17H25NO/c1-4-17(5-2)18(3)14-16-12-7-6-10-15(16)11-8-9-13-19/h6-7,10,12,17,19H,4-5,9,13-14H2,1-3H3. The molecular weight excluding hydrogens is 234 g/mol. The summed E-state index contributed by atoms with van der Waals surface area (Å²) in [5.41, 5.74) is 2.34. The molecule has 1 N–H and O–H groups in total. The topological polar surface area (TPSA) is 23.5 Å². The van der Waals surface area contributed by atoms with Gasteiger partial charge in [0.2, 0.25) is 0 Å². The summed E-state index contributed by atoms with van der Waals surface area (Å²) in [6.45, 7) is 5.52. The van der Waals surface area contributed by atoms with Crippen LogP contribution in [-0.2, 0) is 6.54 Å². The minimum atomic E-state index is 0.128. The number of benzene rings is 1. The summed E-state index contributed by atoms with van der Waals surface area (Å²) in [6, 6.07) is 8.90. The van der Waals surface area contributed by atoms with Gasteiger partial charge in [0.15, 0.2) is 0 Å². The molecule has 0 bridgehead atoms. The lowest BCUT2D eigenvalue weighted by Gasteiger charge is -2.26. The zero-order valence-electron chi connectivity index (χ0n) is 12.3. The van der Waals surface area contributed by atoms with E-state index < -0.39 is 0 Å². The van der Waals surface area contributed by atoms with Gasteiger partial charge in [-0.15, -0.1) is 0 Å². The smallest absolute Gasteiger partial charge is 0.0540 e. The maximum absolute atomic E-state index is 8.78. The van der Waals surface area contributed by atoms with E-state index in [1.54, 1.807) is 0 Å². The fourth-order valence-electron chi connectivity index (χ4n) is 2.30. The van der Waals surface area contributed by atoms with E-state index in [9.17, 15) is 0 Å². The summed E-state index contributed by atoms with van der Waals surface area (Å²) in [4.78, 5) is 2.40. The van der Waals surface area contributed by atoms with Crippen molar-refractivity contribution in [2.45, 2.75) is 45.7 Å². The van der Waals surface area contributed by atoms with E-state index in [4.69, 9.17) is 5.11 Å². The fourth-order valence-corrected chi connectivity index (χ4v) is 2.30. The Bertz CT molecular complexity index is 426. The Kier molecular flexibility index (Phi) is 7.25. The highest BCUT2D eigenvalue weighted by Crippen LogP contribution is 2.14. The first-order valence-electron chi connectivity index (χ1n) is 7.10. The van der Waals surface area contributed by atoms with E-state index >= 15 is 0 Å². The van der Waals surface area contributed by atoms with Crippen LogP contribution in [0.1, 0.15) is 44.2 Å². The first kappa shape index (κ1) is 15.8. The number of hydrogen-bond donors (Lipinski definition) is 1. The maximum Gasteiger partial charge on any atom is 0.0540 e. The molecule has 2 nitrogen and oxygen atoms in total. The third-order valence-electron chi connectivity index (χ3n) is 3.46. The van der Waals surface area contributed by atoms with E-state index in [1.807, 2.05) is 6.07 Å². The Balaban J connectivity index is 2.81. The lowest BCUT2D eigenvalue weighted by atomic mass is 10.1. The van der Waals surface area contributed by atoms with Crippen LogP contribution in [0.5, 0.6) is 0 Å². The van der Waals surface area contributed by atoms with Crippen LogP contribution in [0.2, 0.25) is 0 Å². The lowest BCUT2D eigenvalue weighted by molar-refractivity contribution is 0.221. The molecule has 0 heterocycles. The van der Waals surface area contributed by atoms with Gasteiger partial charge < -0.3 is 5.11 Å². The van der Waals surface area contributed by atoms with Gasteiger partial charge in [0.25, 0.3) is 0 Å². The van der Waals surface area contributed by atoms with E-state index in [1.165, 1.54) is 18.4 Å². The van der Waals surface area contributed by atoms with E-state index in [2.05, 4.69) is 55.8 Å². The van der Waals surface area contributed by atoms with E-state index in [0.717, 1.165) is 12.1 Å². The molecule has 0 unspecified atom stereocenters. The number of aliphatic hydroxyl groups is 1. The molecule has 0 fully saturated rings. The second-order valence-corrected chi connectivity index (χ2v) is 4.82. The van der Waals surface area contributed by atoms with Crippen molar-refractivity contribution in [2.24, 2.45) is 0 Å². The molecule has 1 aromatic carbocycles. The van der Waals surface area contributed by atoms with E-state index in [0.29, 0.717) is 12.5 Å². The molecule has 0 saturated heterocycles. The molecule has 1 aromatic rings. The summed E-state index contributed by atoms with van der Waals surface area (Å²) >= 11 is 0. The van der Waals surface area contributed by atoms with Crippen molar-refractivity contribution in [3.63, 3.8) is 0 Å². The van der Waals surface area contributed by atoms with E-state index in [-0.39, 0.29) is 6.61 Å². The third-order valence-corrected chi connectivity index (χ3v) is 3.46. The normalized spacial score (nSPS) is 10.6. The fraction of sp³-hybridized carbons (Fsp3) is 0.529. The average molecular weight is 259 g/mol. The minimum Gasteiger partial charge on any atom is -0.395 e. The molecule has 0 radical (unpaired) electrons. The van der Waals surface area contributed by atoms with Gasteiger partial charge in [-0.05, 0) is 31.5 Å². The SMILES string of the molecule is CCC(CC)N(C)Cc1ccccc1C#CCCO.